The average molecular weight is 319 g/mol. The molecule has 1 aromatic heterocycles. The smallest absolute Gasteiger partial charge is 0.410 e. The monoisotopic (exact) mass is 319 g/mol. The van der Waals surface area contributed by atoms with Gasteiger partial charge in [-0.25, -0.2) is 4.79 Å². The van der Waals surface area contributed by atoms with Crippen LogP contribution in [0.4, 0.5) is 16.3 Å². The van der Waals surface area contributed by atoms with Crippen molar-refractivity contribution in [3.05, 3.63) is 18.3 Å². The van der Waals surface area contributed by atoms with E-state index in [2.05, 4.69) is 28.5 Å². The van der Waals surface area contributed by atoms with E-state index in [0.717, 1.165) is 24.5 Å². The lowest BCUT2D eigenvalue weighted by atomic mass is 10.1. The maximum atomic E-state index is 12.3. The molecule has 2 heterocycles. The predicted molar refractivity (Wildman–Crippen MR) is 91.2 cm³/mol. The highest BCUT2D eigenvalue weighted by Gasteiger charge is 2.31. The van der Waals surface area contributed by atoms with Crippen LogP contribution >= 0.6 is 0 Å². The number of nitrogens with one attached hydrogen (secondary N) is 1. The van der Waals surface area contributed by atoms with Gasteiger partial charge in [0.25, 0.3) is 0 Å². The Morgan fingerprint density at radius 1 is 1.43 bits per heavy atom. The number of hydrogen-bond donors (Lipinski definition) is 1. The Hall–Kier alpha value is -2.11. The molecular formula is C17H27N4O2+. The van der Waals surface area contributed by atoms with Crippen LogP contribution in [0.25, 0.3) is 0 Å². The molecule has 1 N–H and O–H groups in total. The first kappa shape index (κ1) is 17.2. The number of pyridine rings is 1. The van der Waals surface area contributed by atoms with Gasteiger partial charge in [-0.15, -0.1) is 0 Å². The van der Waals surface area contributed by atoms with Gasteiger partial charge >= 0.3 is 11.9 Å². The van der Waals surface area contributed by atoms with Crippen molar-refractivity contribution < 1.29 is 14.5 Å². The molecule has 1 amide bonds. The highest BCUT2D eigenvalue weighted by atomic mass is 16.6. The number of carbonyl (C=O) groups is 1. The van der Waals surface area contributed by atoms with Crippen LogP contribution in [-0.2, 0) is 4.74 Å². The number of carbonyl (C=O) groups excluding carboxylic acids is 1. The molecule has 1 aliphatic heterocycles. The Morgan fingerprint density at radius 3 is 2.70 bits per heavy atom. The zero-order chi connectivity index (χ0) is 17.0. The summed E-state index contributed by atoms with van der Waals surface area (Å²) >= 11 is 0. The Morgan fingerprint density at radius 2 is 2.17 bits per heavy atom. The van der Waals surface area contributed by atoms with Gasteiger partial charge < -0.3 is 14.5 Å². The number of ether oxygens (including phenoxy) is 1. The summed E-state index contributed by atoms with van der Waals surface area (Å²) in [5.41, 5.74) is 0.608. The lowest BCUT2D eigenvalue weighted by Crippen LogP contribution is -2.58. The molecule has 23 heavy (non-hydrogen) atoms. The average Bonchev–Trinajstić information content (AvgIpc) is 2.52. The molecular weight excluding hydrogens is 292 g/mol. The zero-order valence-electron chi connectivity index (χ0n) is 14.5. The van der Waals surface area contributed by atoms with E-state index in [-0.39, 0.29) is 12.1 Å². The van der Waals surface area contributed by atoms with E-state index in [4.69, 9.17) is 4.74 Å². The van der Waals surface area contributed by atoms with Gasteiger partial charge in [-0.1, -0.05) is 6.92 Å². The fraction of sp³-hybridized carbons (Fsp3) is 0.588. The van der Waals surface area contributed by atoms with Crippen LogP contribution in [-0.4, -0.2) is 54.0 Å². The molecule has 0 spiro atoms. The second kappa shape index (κ2) is 6.98. The quantitative estimate of drug-likeness (QED) is 0.854. The lowest BCUT2D eigenvalue weighted by molar-refractivity contribution is -0.347. The summed E-state index contributed by atoms with van der Waals surface area (Å²) in [4.78, 5) is 23.5. The summed E-state index contributed by atoms with van der Waals surface area (Å²) in [5, 5.41) is 0. The molecule has 0 aromatic carbocycles. The van der Waals surface area contributed by atoms with Crippen molar-refractivity contribution in [2.45, 2.75) is 45.8 Å². The number of hydrogen-bond acceptors (Lipinski definition) is 4. The second-order valence-corrected chi connectivity index (χ2v) is 6.76. The minimum absolute atomic E-state index is 0.231. The SMILES string of the molecule is C=[NH+]c1ccc(N2CCN(C(=O)OC(C)(C)C)C[C@@H]2CC)cn1. The molecule has 0 aliphatic carbocycles. The Balaban J connectivity index is 2.06. The van der Waals surface area contributed by atoms with Gasteiger partial charge in [0.15, 0.2) is 6.20 Å². The number of piperazine rings is 1. The van der Waals surface area contributed by atoms with Crippen LogP contribution < -0.4 is 9.89 Å². The summed E-state index contributed by atoms with van der Waals surface area (Å²) in [6.07, 6.45) is 2.57. The Bertz CT molecular complexity index is 551. The van der Waals surface area contributed by atoms with Crippen molar-refractivity contribution in [3.63, 3.8) is 0 Å². The van der Waals surface area contributed by atoms with Gasteiger partial charge in [0.2, 0.25) is 0 Å². The minimum atomic E-state index is -0.461. The largest absolute Gasteiger partial charge is 0.444 e. The van der Waals surface area contributed by atoms with Crippen molar-refractivity contribution in [2.75, 3.05) is 24.5 Å². The summed E-state index contributed by atoms with van der Waals surface area (Å²) in [6.45, 7) is 13.5. The zero-order valence-corrected chi connectivity index (χ0v) is 14.5. The van der Waals surface area contributed by atoms with Crippen LogP contribution in [0.2, 0.25) is 0 Å². The molecule has 2 rings (SSSR count). The highest BCUT2D eigenvalue weighted by Crippen LogP contribution is 2.23. The van der Waals surface area contributed by atoms with Crippen molar-refractivity contribution in [1.29, 1.82) is 0 Å². The predicted octanol–water partition coefficient (Wildman–Crippen LogP) is 1.33. The third-order valence-corrected chi connectivity index (χ3v) is 3.87. The maximum Gasteiger partial charge on any atom is 0.410 e. The van der Waals surface area contributed by atoms with E-state index < -0.39 is 5.60 Å². The highest BCUT2D eigenvalue weighted by molar-refractivity contribution is 5.69. The molecule has 1 aliphatic rings. The van der Waals surface area contributed by atoms with Gasteiger partial charge in [0.1, 0.15) is 5.60 Å². The third-order valence-electron chi connectivity index (χ3n) is 3.87. The molecule has 1 fully saturated rings. The first-order chi connectivity index (χ1) is 10.8. The normalized spacial score (nSPS) is 18.7. The number of anilines is 1. The molecule has 0 radical (unpaired) electrons. The number of aromatic nitrogens is 1. The van der Waals surface area contributed by atoms with Crippen molar-refractivity contribution in [3.8, 4) is 0 Å². The van der Waals surface area contributed by atoms with E-state index in [0.29, 0.717) is 13.1 Å². The first-order valence-electron chi connectivity index (χ1n) is 8.07. The van der Waals surface area contributed by atoms with Crippen LogP contribution in [0.3, 0.4) is 0 Å². The van der Waals surface area contributed by atoms with E-state index in [1.165, 1.54) is 0 Å². The molecule has 1 atom stereocenters. The first-order valence-corrected chi connectivity index (χ1v) is 8.07. The Labute approximate surface area is 138 Å². The van der Waals surface area contributed by atoms with Gasteiger partial charge in [-0.3, -0.25) is 4.99 Å². The lowest BCUT2D eigenvalue weighted by Gasteiger charge is -2.42. The number of amides is 1. The fourth-order valence-electron chi connectivity index (χ4n) is 2.70. The van der Waals surface area contributed by atoms with Gasteiger partial charge in [0, 0.05) is 31.7 Å². The fourth-order valence-corrected chi connectivity index (χ4v) is 2.70. The van der Waals surface area contributed by atoms with E-state index in [9.17, 15) is 4.79 Å². The number of nitrogens with zero attached hydrogens (tertiary/aromatic N) is 3. The number of rotatable bonds is 3. The summed E-state index contributed by atoms with van der Waals surface area (Å²) in [7, 11) is 0. The van der Waals surface area contributed by atoms with Crippen LogP contribution in [0, 0.1) is 0 Å². The van der Waals surface area contributed by atoms with E-state index in [1.54, 1.807) is 4.90 Å². The maximum absolute atomic E-state index is 12.3. The summed E-state index contributed by atoms with van der Waals surface area (Å²) in [5.74, 6) is 0.745. The summed E-state index contributed by atoms with van der Waals surface area (Å²) < 4.78 is 5.48. The molecule has 0 unspecified atom stereocenters. The van der Waals surface area contributed by atoms with Crippen molar-refractivity contribution in [2.24, 2.45) is 0 Å². The van der Waals surface area contributed by atoms with Crippen molar-refractivity contribution >= 4 is 24.3 Å². The molecule has 1 saturated heterocycles. The Kier molecular flexibility index (Phi) is 5.23. The van der Waals surface area contributed by atoms with E-state index >= 15 is 0 Å². The molecule has 1 aromatic rings. The van der Waals surface area contributed by atoms with Crippen molar-refractivity contribution in [1.82, 2.24) is 9.88 Å². The standard InChI is InChI=1S/C17H26N4O2/c1-6-13-12-20(16(22)23-17(2,3)4)9-10-21(13)14-7-8-15(18-5)19-11-14/h7-8,11,13H,5-6,9-10,12H2,1-4H3/p+1/t13-/m0/s1. The van der Waals surface area contributed by atoms with Gasteiger partial charge in [-0.2, -0.15) is 0 Å². The molecule has 0 saturated carbocycles. The van der Waals surface area contributed by atoms with Crippen LogP contribution in [0.1, 0.15) is 34.1 Å². The molecule has 126 valence electrons. The minimum Gasteiger partial charge on any atom is -0.444 e. The molecule has 6 nitrogen and oxygen atoms in total. The topological polar surface area (TPSA) is 59.6 Å². The van der Waals surface area contributed by atoms with Gasteiger partial charge in [-0.05, 0) is 38.2 Å². The van der Waals surface area contributed by atoms with Crippen LogP contribution in [0.5, 0.6) is 0 Å². The molecule has 6 heteroatoms. The molecule has 0 bridgehead atoms. The third kappa shape index (κ3) is 4.43. The van der Waals surface area contributed by atoms with E-state index in [1.807, 2.05) is 39.1 Å². The summed E-state index contributed by atoms with van der Waals surface area (Å²) in [6, 6.07) is 4.21. The second-order valence-electron chi connectivity index (χ2n) is 6.76. The van der Waals surface area contributed by atoms with Gasteiger partial charge in [0.05, 0.1) is 12.4 Å². The van der Waals surface area contributed by atoms with Crippen LogP contribution in [0.15, 0.2) is 18.3 Å².